The van der Waals surface area contributed by atoms with Crippen LogP contribution >= 0.6 is 0 Å². The van der Waals surface area contributed by atoms with E-state index in [2.05, 4.69) is 21.3 Å². The normalized spacial score (nSPS) is 16.4. The van der Waals surface area contributed by atoms with Crippen LogP contribution in [0.3, 0.4) is 0 Å². The lowest BCUT2D eigenvalue weighted by atomic mass is 10.1. The van der Waals surface area contributed by atoms with E-state index in [4.69, 9.17) is 10.00 Å². The Morgan fingerprint density at radius 1 is 1.45 bits per heavy atom. The van der Waals surface area contributed by atoms with Gasteiger partial charge >= 0.3 is 0 Å². The lowest BCUT2D eigenvalue weighted by molar-refractivity contribution is 0.0263. The standard InChI is InChI=1S/C17H24N4O/c1-3-22-16-7-9-21(10-8-16)17(19-2)20-13-15-6-4-5-14(11-15)12-18/h4-6,11,16H,3,7-10,13H2,1-2H3,(H,19,20). The highest BCUT2D eigenvalue weighted by atomic mass is 16.5. The molecule has 2 rings (SSSR count). The van der Waals surface area contributed by atoms with Crippen molar-refractivity contribution in [2.24, 2.45) is 4.99 Å². The first kappa shape index (κ1) is 16.3. The number of rotatable bonds is 4. The molecule has 1 N–H and O–H groups in total. The molecule has 0 aliphatic carbocycles. The van der Waals surface area contributed by atoms with Crippen molar-refractivity contribution in [2.75, 3.05) is 26.7 Å². The smallest absolute Gasteiger partial charge is 0.193 e. The summed E-state index contributed by atoms with van der Waals surface area (Å²) in [5.41, 5.74) is 1.77. The molecule has 0 unspecified atom stereocenters. The molecule has 0 spiro atoms. The van der Waals surface area contributed by atoms with Gasteiger partial charge in [-0.25, -0.2) is 0 Å². The second kappa shape index (κ2) is 8.40. The van der Waals surface area contributed by atoms with E-state index in [0.29, 0.717) is 18.2 Å². The minimum atomic E-state index is 0.381. The molecule has 1 aliphatic rings. The summed E-state index contributed by atoms with van der Waals surface area (Å²) in [6.45, 7) is 5.42. The molecule has 1 heterocycles. The summed E-state index contributed by atoms with van der Waals surface area (Å²) in [5, 5.41) is 12.3. The molecule has 5 nitrogen and oxygen atoms in total. The number of hydrogen-bond acceptors (Lipinski definition) is 3. The summed E-state index contributed by atoms with van der Waals surface area (Å²) in [6.07, 6.45) is 2.46. The molecular weight excluding hydrogens is 276 g/mol. The van der Waals surface area contributed by atoms with Gasteiger partial charge in [0.15, 0.2) is 5.96 Å². The summed E-state index contributed by atoms with van der Waals surface area (Å²) in [6, 6.07) is 9.81. The van der Waals surface area contributed by atoms with Crippen LogP contribution in [0.25, 0.3) is 0 Å². The van der Waals surface area contributed by atoms with Gasteiger partial charge in [0.05, 0.1) is 17.7 Å². The van der Waals surface area contributed by atoms with Gasteiger partial charge in [0.2, 0.25) is 0 Å². The fraction of sp³-hybridized carbons (Fsp3) is 0.529. The molecule has 5 heteroatoms. The van der Waals surface area contributed by atoms with Crippen molar-refractivity contribution in [1.82, 2.24) is 10.2 Å². The van der Waals surface area contributed by atoms with Crippen LogP contribution in [0, 0.1) is 11.3 Å². The Labute approximate surface area is 132 Å². The highest BCUT2D eigenvalue weighted by Gasteiger charge is 2.21. The van der Waals surface area contributed by atoms with E-state index in [1.54, 1.807) is 0 Å². The number of piperidine rings is 1. The predicted octanol–water partition coefficient (Wildman–Crippen LogP) is 2.13. The maximum Gasteiger partial charge on any atom is 0.193 e. The molecule has 0 bridgehead atoms. The number of hydrogen-bond donors (Lipinski definition) is 1. The third kappa shape index (κ3) is 4.47. The highest BCUT2D eigenvalue weighted by molar-refractivity contribution is 5.80. The minimum absolute atomic E-state index is 0.381. The number of nitriles is 1. The van der Waals surface area contributed by atoms with Gasteiger partial charge in [0, 0.05) is 33.3 Å². The van der Waals surface area contributed by atoms with E-state index in [0.717, 1.165) is 44.1 Å². The first-order valence-electron chi connectivity index (χ1n) is 7.83. The fourth-order valence-electron chi connectivity index (χ4n) is 2.73. The molecule has 22 heavy (non-hydrogen) atoms. The van der Waals surface area contributed by atoms with Gasteiger partial charge in [0.1, 0.15) is 0 Å². The zero-order valence-corrected chi connectivity index (χ0v) is 13.4. The van der Waals surface area contributed by atoms with Crippen molar-refractivity contribution in [3.8, 4) is 6.07 Å². The largest absolute Gasteiger partial charge is 0.378 e. The monoisotopic (exact) mass is 300 g/mol. The van der Waals surface area contributed by atoms with Crippen LogP contribution in [0.5, 0.6) is 0 Å². The average Bonchev–Trinajstić information content (AvgIpc) is 2.57. The molecule has 0 saturated carbocycles. The molecule has 0 radical (unpaired) electrons. The fourth-order valence-corrected chi connectivity index (χ4v) is 2.73. The summed E-state index contributed by atoms with van der Waals surface area (Å²) in [7, 11) is 1.81. The van der Waals surface area contributed by atoms with Gasteiger partial charge < -0.3 is 15.0 Å². The number of ether oxygens (including phenoxy) is 1. The van der Waals surface area contributed by atoms with Crippen LogP contribution in [0.1, 0.15) is 30.9 Å². The molecule has 1 saturated heterocycles. The molecule has 0 aromatic heterocycles. The van der Waals surface area contributed by atoms with Crippen molar-refractivity contribution in [3.63, 3.8) is 0 Å². The van der Waals surface area contributed by atoms with Crippen molar-refractivity contribution >= 4 is 5.96 Å². The molecule has 0 atom stereocenters. The van der Waals surface area contributed by atoms with Gasteiger partial charge in [-0.15, -0.1) is 0 Å². The molecular formula is C17H24N4O. The average molecular weight is 300 g/mol. The van der Waals surface area contributed by atoms with Gasteiger partial charge in [0.25, 0.3) is 0 Å². The summed E-state index contributed by atoms with van der Waals surface area (Å²) in [5.74, 6) is 0.914. The summed E-state index contributed by atoms with van der Waals surface area (Å²) < 4.78 is 5.68. The van der Waals surface area contributed by atoms with Crippen LogP contribution in [0.2, 0.25) is 0 Å². The van der Waals surface area contributed by atoms with Gasteiger partial charge in [-0.1, -0.05) is 12.1 Å². The zero-order chi connectivity index (χ0) is 15.8. The van der Waals surface area contributed by atoms with Crippen LogP contribution in [-0.4, -0.2) is 43.7 Å². The quantitative estimate of drug-likeness (QED) is 0.683. The van der Waals surface area contributed by atoms with Crippen molar-refractivity contribution < 1.29 is 4.74 Å². The Balaban J connectivity index is 1.87. The molecule has 1 fully saturated rings. The van der Waals surface area contributed by atoms with Crippen molar-refractivity contribution in [1.29, 1.82) is 5.26 Å². The first-order chi connectivity index (χ1) is 10.8. The number of likely N-dealkylation sites (tertiary alicyclic amines) is 1. The maximum absolute atomic E-state index is 8.94. The predicted molar refractivity (Wildman–Crippen MR) is 87.6 cm³/mol. The number of nitrogens with one attached hydrogen (secondary N) is 1. The maximum atomic E-state index is 8.94. The minimum Gasteiger partial charge on any atom is -0.378 e. The van der Waals surface area contributed by atoms with Crippen molar-refractivity contribution in [2.45, 2.75) is 32.4 Å². The lowest BCUT2D eigenvalue weighted by Gasteiger charge is -2.34. The van der Waals surface area contributed by atoms with Crippen LogP contribution < -0.4 is 5.32 Å². The Morgan fingerprint density at radius 2 is 2.23 bits per heavy atom. The van der Waals surface area contributed by atoms with Crippen molar-refractivity contribution in [3.05, 3.63) is 35.4 Å². The second-order valence-electron chi connectivity index (χ2n) is 5.35. The van der Waals surface area contributed by atoms with Crippen LogP contribution in [-0.2, 0) is 11.3 Å². The Morgan fingerprint density at radius 3 is 2.86 bits per heavy atom. The molecule has 1 aromatic carbocycles. The summed E-state index contributed by atoms with van der Waals surface area (Å²) >= 11 is 0. The SMILES string of the molecule is CCOC1CCN(C(=NC)NCc2cccc(C#N)c2)CC1. The third-order valence-corrected chi connectivity index (χ3v) is 3.86. The van der Waals surface area contributed by atoms with E-state index in [-0.39, 0.29) is 0 Å². The molecule has 1 aromatic rings. The van der Waals surface area contributed by atoms with E-state index >= 15 is 0 Å². The van der Waals surface area contributed by atoms with E-state index in [1.165, 1.54) is 0 Å². The lowest BCUT2D eigenvalue weighted by Crippen LogP contribution is -2.46. The van der Waals surface area contributed by atoms with E-state index in [9.17, 15) is 0 Å². The number of aliphatic imine (C=N–C) groups is 1. The van der Waals surface area contributed by atoms with Gasteiger partial charge in [-0.3, -0.25) is 4.99 Å². The highest BCUT2D eigenvalue weighted by Crippen LogP contribution is 2.14. The molecule has 1 aliphatic heterocycles. The number of nitrogens with zero attached hydrogens (tertiary/aromatic N) is 3. The van der Waals surface area contributed by atoms with Crippen LogP contribution in [0.4, 0.5) is 0 Å². The molecule has 118 valence electrons. The van der Waals surface area contributed by atoms with E-state index < -0.39 is 0 Å². The Kier molecular flexibility index (Phi) is 6.23. The first-order valence-corrected chi connectivity index (χ1v) is 7.83. The third-order valence-electron chi connectivity index (χ3n) is 3.86. The second-order valence-corrected chi connectivity index (χ2v) is 5.35. The number of benzene rings is 1. The Hall–Kier alpha value is -2.06. The van der Waals surface area contributed by atoms with Crippen LogP contribution in [0.15, 0.2) is 29.3 Å². The summed E-state index contributed by atoms with van der Waals surface area (Å²) in [4.78, 5) is 6.63. The van der Waals surface area contributed by atoms with Gasteiger partial charge in [-0.2, -0.15) is 5.26 Å². The Bertz CT molecular complexity index is 542. The molecule has 0 amide bonds. The zero-order valence-electron chi connectivity index (χ0n) is 13.4. The number of guanidine groups is 1. The topological polar surface area (TPSA) is 60.6 Å². The van der Waals surface area contributed by atoms with E-state index in [1.807, 2.05) is 38.2 Å². The van der Waals surface area contributed by atoms with Gasteiger partial charge in [-0.05, 0) is 37.5 Å².